The van der Waals surface area contributed by atoms with Crippen LogP contribution in [0.3, 0.4) is 0 Å². The lowest BCUT2D eigenvalue weighted by Gasteiger charge is -2.21. The number of carbonyl (C=O) groups excluding carboxylic acids is 2. The summed E-state index contributed by atoms with van der Waals surface area (Å²) in [5.74, 6) is 6.02. The minimum atomic E-state index is -1.15. The zero-order valence-corrected chi connectivity index (χ0v) is 19.2. The second-order valence-corrected chi connectivity index (χ2v) is 8.88. The fourth-order valence-corrected chi connectivity index (χ4v) is 4.24. The fraction of sp³-hybridized carbons (Fsp3) is 0.429. The van der Waals surface area contributed by atoms with E-state index in [1.165, 1.54) is 51.0 Å². The second-order valence-electron chi connectivity index (χ2n) is 8.88. The first-order chi connectivity index (χ1) is 16.0. The van der Waals surface area contributed by atoms with Crippen molar-refractivity contribution in [3.63, 3.8) is 0 Å². The molecule has 3 N–H and O–H groups in total. The van der Waals surface area contributed by atoms with Crippen LogP contribution in [-0.4, -0.2) is 40.7 Å². The Morgan fingerprint density at radius 3 is 2.09 bits per heavy atom. The summed E-state index contributed by atoms with van der Waals surface area (Å²) in [5, 5.41) is 21.1. The molecule has 0 radical (unpaired) electrons. The van der Waals surface area contributed by atoms with Crippen LogP contribution in [0.2, 0.25) is 0 Å². The molecule has 0 saturated heterocycles. The molecule has 3 rings (SSSR count). The lowest BCUT2D eigenvalue weighted by Crippen LogP contribution is -2.48. The number of rotatable bonds is 8. The number of aliphatic hydroxyl groups excluding tert-OH is 2. The molecule has 0 spiro atoms. The number of carbonyl (C=O) groups is 2. The molecule has 1 fully saturated rings. The van der Waals surface area contributed by atoms with Gasteiger partial charge in [-0.25, -0.2) is 0 Å². The number of ketones is 1. The average molecular weight is 448 g/mol. The molecule has 5 nitrogen and oxygen atoms in total. The number of aryl methyl sites for hydroxylation is 1. The van der Waals surface area contributed by atoms with Crippen LogP contribution in [0.5, 0.6) is 0 Å². The van der Waals surface area contributed by atoms with Crippen molar-refractivity contribution in [1.29, 1.82) is 0 Å². The number of hydrogen-bond donors (Lipinski definition) is 3. The van der Waals surface area contributed by atoms with Gasteiger partial charge in [-0.1, -0.05) is 56.1 Å². The van der Waals surface area contributed by atoms with E-state index in [0.29, 0.717) is 5.56 Å². The van der Waals surface area contributed by atoms with Gasteiger partial charge in [0.1, 0.15) is 12.6 Å². The van der Waals surface area contributed by atoms with E-state index >= 15 is 0 Å². The van der Waals surface area contributed by atoms with E-state index < -0.39 is 30.4 Å². The van der Waals surface area contributed by atoms with Crippen LogP contribution in [0.25, 0.3) is 0 Å². The smallest absolute Gasteiger partial charge is 0.251 e. The molecule has 2 aromatic rings. The number of hydrogen-bond acceptors (Lipinski definition) is 4. The molecule has 0 aromatic heterocycles. The number of aliphatic hydroxyl groups is 2. The summed E-state index contributed by atoms with van der Waals surface area (Å²) in [5.41, 5.74) is 3.42. The standard InChI is InChI=1S/C28H33NO4/c1-20(31)27(26(32)19-30)29-28(33)25-17-15-24(16-18-25)14-13-23-11-9-22(10-12-23)8-7-21-5-3-2-4-6-21/h9-12,15-18,20-21,27,30-31H,2-8,19H2,1H3,(H,29,33)/t20-,27+/m1/s1. The van der Waals surface area contributed by atoms with Gasteiger partial charge in [-0.3, -0.25) is 9.59 Å². The first-order valence-corrected chi connectivity index (χ1v) is 11.8. The van der Waals surface area contributed by atoms with Crippen molar-refractivity contribution in [1.82, 2.24) is 5.32 Å². The summed E-state index contributed by atoms with van der Waals surface area (Å²) in [4.78, 5) is 24.0. The summed E-state index contributed by atoms with van der Waals surface area (Å²) in [6, 6.07) is 14.0. The summed E-state index contributed by atoms with van der Waals surface area (Å²) < 4.78 is 0. The average Bonchev–Trinajstić information content (AvgIpc) is 2.85. The highest BCUT2D eigenvalue weighted by atomic mass is 16.3. The summed E-state index contributed by atoms with van der Waals surface area (Å²) in [6.07, 6.45) is 8.23. The predicted octanol–water partition coefficient (Wildman–Crippen LogP) is 3.64. The largest absolute Gasteiger partial charge is 0.391 e. The monoisotopic (exact) mass is 447 g/mol. The van der Waals surface area contributed by atoms with Gasteiger partial charge in [-0.2, -0.15) is 0 Å². The van der Waals surface area contributed by atoms with Crippen LogP contribution >= 0.6 is 0 Å². The molecular weight excluding hydrogens is 414 g/mol. The maximum atomic E-state index is 12.4. The Morgan fingerprint density at radius 2 is 1.55 bits per heavy atom. The van der Waals surface area contributed by atoms with Crippen LogP contribution in [0, 0.1) is 17.8 Å². The van der Waals surface area contributed by atoms with E-state index in [1.807, 2.05) is 0 Å². The van der Waals surface area contributed by atoms with Gasteiger partial charge in [0.05, 0.1) is 6.10 Å². The Bertz CT molecular complexity index is 977. The fourth-order valence-electron chi connectivity index (χ4n) is 4.24. The van der Waals surface area contributed by atoms with Gasteiger partial charge in [0, 0.05) is 16.7 Å². The molecule has 2 aromatic carbocycles. The highest BCUT2D eigenvalue weighted by Crippen LogP contribution is 2.27. The van der Waals surface area contributed by atoms with Crippen LogP contribution in [0.15, 0.2) is 48.5 Å². The van der Waals surface area contributed by atoms with E-state index in [2.05, 4.69) is 41.4 Å². The van der Waals surface area contributed by atoms with Gasteiger partial charge in [-0.15, -0.1) is 0 Å². The molecule has 1 saturated carbocycles. The summed E-state index contributed by atoms with van der Waals surface area (Å²) in [6.45, 7) is 0.645. The van der Waals surface area contributed by atoms with Crippen LogP contribution < -0.4 is 5.32 Å². The number of Topliss-reactive ketones (excluding diaryl/α,β-unsaturated/α-hetero) is 1. The quantitative estimate of drug-likeness (QED) is 0.539. The third-order valence-corrected chi connectivity index (χ3v) is 6.29. The Hall–Kier alpha value is -2.94. The SMILES string of the molecule is C[C@@H](O)[C@H](NC(=O)c1ccc(C#Cc2ccc(CCC3CCCCC3)cc2)cc1)C(=O)CO. The van der Waals surface area contributed by atoms with Crippen molar-refractivity contribution in [3.05, 3.63) is 70.8 Å². The molecule has 5 heteroatoms. The van der Waals surface area contributed by atoms with Crippen molar-refractivity contribution in [2.75, 3.05) is 6.61 Å². The van der Waals surface area contributed by atoms with E-state index in [9.17, 15) is 14.7 Å². The van der Waals surface area contributed by atoms with Crippen molar-refractivity contribution in [2.24, 2.45) is 5.92 Å². The third-order valence-electron chi connectivity index (χ3n) is 6.29. The molecule has 174 valence electrons. The molecule has 33 heavy (non-hydrogen) atoms. The normalized spacial score (nSPS) is 15.7. The van der Waals surface area contributed by atoms with E-state index in [1.54, 1.807) is 24.3 Å². The summed E-state index contributed by atoms with van der Waals surface area (Å²) >= 11 is 0. The zero-order valence-electron chi connectivity index (χ0n) is 19.2. The van der Waals surface area contributed by atoms with Gasteiger partial charge in [0.2, 0.25) is 0 Å². The number of benzene rings is 2. The van der Waals surface area contributed by atoms with Gasteiger partial charge >= 0.3 is 0 Å². The molecule has 2 atom stereocenters. The first kappa shape index (κ1) is 24.7. The predicted molar refractivity (Wildman–Crippen MR) is 129 cm³/mol. The van der Waals surface area contributed by atoms with Crippen molar-refractivity contribution in [3.8, 4) is 11.8 Å². The maximum Gasteiger partial charge on any atom is 0.251 e. The minimum Gasteiger partial charge on any atom is -0.391 e. The van der Waals surface area contributed by atoms with Crippen LogP contribution in [0.4, 0.5) is 0 Å². The first-order valence-electron chi connectivity index (χ1n) is 11.8. The van der Waals surface area contributed by atoms with Gasteiger partial charge in [-0.05, 0) is 67.6 Å². The zero-order chi connectivity index (χ0) is 23.6. The van der Waals surface area contributed by atoms with Gasteiger partial charge < -0.3 is 15.5 Å². The number of amides is 1. The van der Waals surface area contributed by atoms with E-state index in [-0.39, 0.29) is 0 Å². The van der Waals surface area contributed by atoms with Gasteiger partial charge in [0.25, 0.3) is 5.91 Å². The number of nitrogens with one attached hydrogen (secondary N) is 1. The van der Waals surface area contributed by atoms with Crippen molar-refractivity contribution < 1.29 is 19.8 Å². The molecule has 1 amide bonds. The molecule has 0 aliphatic heterocycles. The highest BCUT2D eigenvalue weighted by molar-refractivity contribution is 5.98. The van der Waals surface area contributed by atoms with E-state index in [4.69, 9.17) is 5.11 Å². The maximum absolute atomic E-state index is 12.4. The Morgan fingerprint density at radius 1 is 0.970 bits per heavy atom. The minimum absolute atomic E-state index is 0.347. The third kappa shape index (κ3) is 7.56. The topological polar surface area (TPSA) is 86.6 Å². The molecule has 1 aliphatic carbocycles. The highest BCUT2D eigenvalue weighted by Gasteiger charge is 2.25. The van der Waals surface area contributed by atoms with E-state index in [0.717, 1.165) is 23.5 Å². The Labute approximate surface area is 196 Å². The second kappa shape index (κ2) is 12.3. The van der Waals surface area contributed by atoms with Crippen LogP contribution in [0.1, 0.15) is 72.5 Å². The molecule has 0 bridgehead atoms. The lowest BCUT2D eigenvalue weighted by molar-refractivity contribution is -0.125. The van der Waals surface area contributed by atoms with Crippen molar-refractivity contribution >= 4 is 11.7 Å². The van der Waals surface area contributed by atoms with Crippen LogP contribution in [-0.2, 0) is 11.2 Å². The molecular formula is C28H33NO4. The molecule has 0 heterocycles. The molecule has 1 aliphatic rings. The Balaban J connectivity index is 1.55. The molecule has 0 unspecified atom stereocenters. The Kier molecular flexibility index (Phi) is 9.24. The van der Waals surface area contributed by atoms with Crippen molar-refractivity contribution in [2.45, 2.75) is 64.0 Å². The summed E-state index contributed by atoms with van der Waals surface area (Å²) in [7, 11) is 0. The lowest BCUT2D eigenvalue weighted by atomic mass is 9.85. The van der Waals surface area contributed by atoms with Gasteiger partial charge in [0.15, 0.2) is 5.78 Å².